The van der Waals surface area contributed by atoms with Crippen molar-refractivity contribution in [3.63, 3.8) is 0 Å². The van der Waals surface area contributed by atoms with E-state index in [0.29, 0.717) is 11.9 Å². The van der Waals surface area contributed by atoms with E-state index < -0.39 is 5.97 Å². The number of rotatable bonds is 4. The van der Waals surface area contributed by atoms with Gasteiger partial charge in [0.1, 0.15) is 5.82 Å². The Morgan fingerprint density at radius 3 is 2.94 bits per heavy atom. The van der Waals surface area contributed by atoms with Crippen LogP contribution in [0.15, 0.2) is 12.4 Å². The van der Waals surface area contributed by atoms with Crippen LogP contribution < -0.4 is 5.32 Å². The number of hydrogen-bond acceptors (Lipinski definition) is 6. The van der Waals surface area contributed by atoms with Gasteiger partial charge < -0.3 is 15.0 Å². The molecular formula is C12H18N4O2. The van der Waals surface area contributed by atoms with Gasteiger partial charge in [0, 0.05) is 12.6 Å². The summed E-state index contributed by atoms with van der Waals surface area (Å²) in [6.07, 6.45) is 5.43. The van der Waals surface area contributed by atoms with E-state index in [9.17, 15) is 4.79 Å². The second-order valence-corrected chi connectivity index (χ2v) is 4.44. The zero-order valence-electron chi connectivity index (χ0n) is 10.7. The monoisotopic (exact) mass is 250 g/mol. The third kappa shape index (κ3) is 2.95. The van der Waals surface area contributed by atoms with Gasteiger partial charge in [-0.3, -0.25) is 0 Å². The minimum absolute atomic E-state index is 0.223. The van der Waals surface area contributed by atoms with Crippen LogP contribution in [0.1, 0.15) is 23.3 Å². The number of likely N-dealkylation sites (N-methyl/N-ethyl adjacent to an activating group) is 1. The van der Waals surface area contributed by atoms with Crippen LogP contribution >= 0.6 is 0 Å². The summed E-state index contributed by atoms with van der Waals surface area (Å²) in [6, 6.07) is 0.548. The molecular weight excluding hydrogens is 232 g/mol. The van der Waals surface area contributed by atoms with E-state index in [4.69, 9.17) is 0 Å². The molecule has 1 aliphatic rings. The normalized spacial score (nSPS) is 19.8. The van der Waals surface area contributed by atoms with E-state index in [1.54, 1.807) is 6.20 Å². The molecule has 6 nitrogen and oxygen atoms in total. The summed E-state index contributed by atoms with van der Waals surface area (Å²) in [5, 5.41) is 3.23. The highest BCUT2D eigenvalue weighted by molar-refractivity contribution is 5.86. The summed E-state index contributed by atoms with van der Waals surface area (Å²) in [4.78, 5) is 21.7. The summed E-state index contributed by atoms with van der Waals surface area (Å²) in [6.45, 7) is 2.00. The molecule has 2 heterocycles. The standard InChI is InChI=1S/C12H18N4O2/c1-16-5-3-4-9(16)6-14-11-8-13-10(7-15-11)12(17)18-2/h7-9H,3-6H2,1-2H3,(H,14,15). The lowest BCUT2D eigenvalue weighted by atomic mass is 10.2. The number of aromatic nitrogens is 2. The smallest absolute Gasteiger partial charge is 0.358 e. The highest BCUT2D eigenvalue weighted by atomic mass is 16.5. The average Bonchev–Trinajstić information content (AvgIpc) is 2.81. The molecule has 0 radical (unpaired) electrons. The number of esters is 1. The van der Waals surface area contributed by atoms with Crippen molar-refractivity contribution in [3.8, 4) is 0 Å². The van der Waals surface area contributed by atoms with Crippen LogP contribution in [0.2, 0.25) is 0 Å². The minimum atomic E-state index is -0.468. The molecule has 18 heavy (non-hydrogen) atoms. The zero-order chi connectivity index (χ0) is 13.0. The summed E-state index contributed by atoms with van der Waals surface area (Å²) in [5.41, 5.74) is 0.223. The quantitative estimate of drug-likeness (QED) is 0.796. The molecule has 1 N–H and O–H groups in total. The molecule has 1 aromatic rings. The first-order valence-corrected chi connectivity index (χ1v) is 6.05. The predicted octanol–water partition coefficient (Wildman–Crippen LogP) is 0.769. The lowest BCUT2D eigenvalue weighted by Gasteiger charge is -2.19. The molecule has 1 fully saturated rings. The molecule has 0 aromatic carbocycles. The maximum atomic E-state index is 11.2. The molecule has 6 heteroatoms. The Hall–Kier alpha value is -1.69. The van der Waals surface area contributed by atoms with Gasteiger partial charge in [-0.1, -0.05) is 0 Å². The number of hydrogen-bond donors (Lipinski definition) is 1. The molecule has 1 unspecified atom stereocenters. The van der Waals surface area contributed by atoms with Crippen molar-refractivity contribution in [2.75, 3.05) is 32.6 Å². The Kier molecular flexibility index (Phi) is 4.09. The Morgan fingerprint density at radius 1 is 1.56 bits per heavy atom. The number of anilines is 1. The second-order valence-electron chi connectivity index (χ2n) is 4.44. The van der Waals surface area contributed by atoms with E-state index in [0.717, 1.165) is 13.1 Å². The number of methoxy groups -OCH3 is 1. The van der Waals surface area contributed by atoms with E-state index in [-0.39, 0.29) is 5.69 Å². The van der Waals surface area contributed by atoms with Crippen molar-refractivity contribution in [1.82, 2.24) is 14.9 Å². The number of carbonyl (C=O) groups excluding carboxylic acids is 1. The maximum Gasteiger partial charge on any atom is 0.358 e. The zero-order valence-corrected chi connectivity index (χ0v) is 10.7. The highest BCUT2D eigenvalue weighted by Gasteiger charge is 2.20. The van der Waals surface area contributed by atoms with Crippen LogP contribution in [-0.4, -0.2) is 54.1 Å². The van der Waals surface area contributed by atoms with Gasteiger partial charge in [0.25, 0.3) is 0 Å². The van der Waals surface area contributed by atoms with Gasteiger partial charge in [0.2, 0.25) is 0 Å². The molecule has 1 saturated heterocycles. The lowest BCUT2D eigenvalue weighted by molar-refractivity contribution is 0.0593. The topological polar surface area (TPSA) is 67.3 Å². The van der Waals surface area contributed by atoms with Crippen molar-refractivity contribution in [2.24, 2.45) is 0 Å². The summed E-state index contributed by atoms with van der Waals surface area (Å²) >= 11 is 0. The van der Waals surface area contributed by atoms with E-state index >= 15 is 0 Å². The number of nitrogens with one attached hydrogen (secondary N) is 1. The summed E-state index contributed by atoms with van der Waals surface area (Å²) < 4.78 is 4.56. The molecule has 0 spiro atoms. The first kappa shape index (κ1) is 12.8. The van der Waals surface area contributed by atoms with E-state index in [2.05, 4.69) is 32.0 Å². The van der Waals surface area contributed by atoms with E-state index in [1.807, 2.05) is 0 Å². The maximum absolute atomic E-state index is 11.2. The van der Waals surface area contributed by atoms with Crippen LogP contribution in [0.25, 0.3) is 0 Å². The molecule has 2 rings (SSSR count). The van der Waals surface area contributed by atoms with Crippen LogP contribution in [0.4, 0.5) is 5.82 Å². The van der Waals surface area contributed by atoms with Crippen LogP contribution in [0, 0.1) is 0 Å². The molecule has 1 atom stereocenters. The van der Waals surface area contributed by atoms with Crippen molar-refractivity contribution >= 4 is 11.8 Å². The molecule has 1 aliphatic heterocycles. The van der Waals surface area contributed by atoms with Gasteiger partial charge in [-0.15, -0.1) is 0 Å². The van der Waals surface area contributed by atoms with Gasteiger partial charge >= 0.3 is 5.97 Å². The Morgan fingerprint density at radius 2 is 2.39 bits per heavy atom. The summed E-state index contributed by atoms with van der Waals surface area (Å²) in [5.74, 6) is 0.215. The molecule has 0 aliphatic carbocycles. The second kappa shape index (κ2) is 5.77. The van der Waals surface area contributed by atoms with Crippen molar-refractivity contribution in [2.45, 2.75) is 18.9 Å². The number of nitrogens with zero attached hydrogens (tertiary/aromatic N) is 3. The largest absolute Gasteiger partial charge is 0.464 e. The van der Waals surface area contributed by atoms with Gasteiger partial charge in [-0.05, 0) is 26.4 Å². The van der Waals surface area contributed by atoms with Gasteiger partial charge in [0.15, 0.2) is 5.69 Å². The fourth-order valence-corrected chi connectivity index (χ4v) is 2.09. The van der Waals surface area contributed by atoms with Gasteiger partial charge in [-0.25, -0.2) is 14.8 Å². The average molecular weight is 250 g/mol. The van der Waals surface area contributed by atoms with Crippen LogP contribution in [0.5, 0.6) is 0 Å². The van der Waals surface area contributed by atoms with Gasteiger partial charge in [-0.2, -0.15) is 0 Å². The molecule has 0 bridgehead atoms. The first-order valence-electron chi connectivity index (χ1n) is 6.05. The number of likely N-dealkylation sites (tertiary alicyclic amines) is 1. The lowest BCUT2D eigenvalue weighted by Crippen LogP contribution is -2.31. The Bertz CT molecular complexity index is 407. The van der Waals surface area contributed by atoms with Crippen LogP contribution in [-0.2, 0) is 4.74 Å². The highest BCUT2D eigenvalue weighted by Crippen LogP contribution is 2.15. The number of ether oxygens (including phenoxy) is 1. The Labute approximate surface area is 106 Å². The molecule has 0 saturated carbocycles. The van der Waals surface area contributed by atoms with Crippen molar-refractivity contribution < 1.29 is 9.53 Å². The van der Waals surface area contributed by atoms with E-state index in [1.165, 1.54) is 26.1 Å². The summed E-state index contributed by atoms with van der Waals surface area (Å²) in [7, 11) is 3.46. The fourth-order valence-electron chi connectivity index (χ4n) is 2.09. The van der Waals surface area contributed by atoms with Gasteiger partial charge in [0.05, 0.1) is 19.5 Å². The minimum Gasteiger partial charge on any atom is -0.464 e. The third-order valence-corrected chi connectivity index (χ3v) is 3.24. The Balaban J connectivity index is 1.88. The fraction of sp³-hybridized carbons (Fsp3) is 0.583. The SMILES string of the molecule is COC(=O)c1cnc(NCC2CCCN2C)cn1. The molecule has 98 valence electrons. The van der Waals surface area contributed by atoms with Crippen molar-refractivity contribution in [1.29, 1.82) is 0 Å². The van der Waals surface area contributed by atoms with Crippen LogP contribution in [0.3, 0.4) is 0 Å². The molecule has 1 aromatic heterocycles. The number of carbonyl (C=O) groups is 1. The predicted molar refractivity (Wildman–Crippen MR) is 67.5 cm³/mol. The van der Waals surface area contributed by atoms with Crippen molar-refractivity contribution in [3.05, 3.63) is 18.1 Å². The molecule has 0 amide bonds. The third-order valence-electron chi connectivity index (χ3n) is 3.24. The first-order chi connectivity index (χ1) is 8.70.